The van der Waals surface area contributed by atoms with E-state index in [2.05, 4.69) is 11.8 Å². The molecule has 94 valence electrons. The van der Waals surface area contributed by atoms with Gasteiger partial charge in [-0.25, -0.2) is 4.79 Å². The Morgan fingerprint density at radius 2 is 1.94 bits per heavy atom. The van der Waals surface area contributed by atoms with Gasteiger partial charge in [-0.15, -0.1) is 0 Å². The molecule has 0 radical (unpaired) electrons. The molecule has 0 N–H and O–H groups in total. The molecule has 1 aliphatic rings. The van der Waals surface area contributed by atoms with Crippen LogP contribution >= 0.6 is 0 Å². The Morgan fingerprint density at radius 1 is 1.22 bits per heavy atom. The number of carbonyl (C=O) groups excluding carboxylic acids is 1. The van der Waals surface area contributed by atoms with E-state index in [1.165, 1.54) is 39.2 Å². The maximum absolute atomic E-state index is 11.6. The number of methoxy groups -OCH3 is 1. The van der Waals surface area contributed by atoms with Gasteiger partial charge in [0.1, 0.15) is 0 Å². The van der Waals surface area contributed by atoms with Crippen molar-refractivity contribution in [1.82, 2.24) is 0 Å². The molecule has 2 nitrogen and oxygen atoms in total. The maximum Gasteiger partial charge on any atom is 0.339 e. The van der Waals surface area contributed by atoms with E-state index >= 15 is 0 Å². The van der Waals surface area contributed by atoms with Gasteiger partial charge in [0.25, 0.3) is 0 Å². The molecule has 0 aliphatic heterocycles. The van der Waals surface area contributed by atoms with Crippen molar-refractivity contribution in [2.24, 2.45) is 5.92 Å². The first-order valence-electron chi connectivity index (χ1n) is 6.50. The molecule has 1 aromatic carbocycles. The minimum atomic E-state index is -0.316. The van der Waals surface area contributed by atoms with Crippen LogP contribution in [0.15, 0.2) is 24.3 Å². The topological polar surface area (TPSA) is 26.3 Å². The largest absolute Gasteiger partial charge is 0.465 e. The van der Waals surface area contributed by atoms with Gasteiger partial charge in [0.05, 0.1) is 12.7 Å². The minimum absolute atomic E-state index is 0.316. The van der Waals surface area contributed by atoms with Crippen molar-refractivity contribution in [3.8, 4) is 11.8 Å². The van der Waals surface area contributed by atoms with Gasteiger partial charge in [0, 0.05) is 11.5 Å². The predicted octanol–water partition coefficient (Wildman–Crippen LogP) is 3.41. The van der Waals surface area contributed by atoms with Crippen molar-refractivity contribution in [3.05, 3.63) is 35.4 Å². The summed E-state index contributed by atoms with van der Waals surface area (Å²) in [5, 5.41) is 0. The molecule has 0 aromatic heterocycles. The van der Waals surface area contributed by atoms with Gasteiger partial charge in [0.15, 0.2) is 0 Å². The Hall–Kier alpha value is -1.75. The highest BCUT2D eigenvalue weighted by Crippen LogP contribution is 2.23. The fourth-order valence-electron chi connectivity index (χ4n) is 2.31. The summed E-state index contributed by atoms with van der Waals surface area (Å²) < 4.78 is 4.76. The highest BCUT2D eigenvalue weighted by Gasteiger charge is 2.11. The van der Waals surface area contributed by atoms with E-state index in [0.29, 0.717) is 11.5 Å². The number of esters is 1. The molecule has 0 amide bonds. The summed E-state index contributed by atoms with van der Waals surface area (Å²) in [5.41, 5.74) is 1.33. The zero-order valence-corrected chi connectivity index (χ0v) is 10.7. The number of hydrogen-bond donors (Lipinski definition) is 0. The van der Waals surface area contributed by atoms with Crippen molar-refractivity contribution in [3.63, 3.8) is 0 Å². The molecule has 1 aliphatic carbocycles. The standard InChI is InChI=1S/C16H18O2/c1-18-16(17)15-10-6-5-9-14(15)12-11-13-7-3-2-4-8-13/h5-6,9-10,13H,2-4,7-8H2,1H3. The lowest BCUT2D eigenvalue weighted by atomic mass is 9.89. The molecule has 0 saturated heterocycles. The van der Waals surface area contributed by atoms with Crippen molar-refractivity contribution < 1.29 is 9.53 Å². The Morgan fingerprint density at radius 3 is 2.67 bits per heavy atom. The lowest BCUT2D eigenvalue weighted by Crippen LogP contribution is -2.05. The zero-order valence-electron chi connectivity index (χ0n) is 10.7. The van der Waals surface area contributed by atoms with Crippen LogP contribution in [0, 0.1) is 17.8 Å². The first-order valence-corrected chi connectivity index (χ1v) is 6.50. The van der Waals surface area contributed by atoms with Crippen LogP contribution in [0.25, 0.3) is 0 Å². The summed E-state index contributed by atoms with van der Waals surface area (Å²) in [6.07, 6.45) is 6.26. The Kier molecular flexibility index (Phi) is 4.41. The fraction of sp³-hybridized carbons (Fsp3) is 0.438. The second-order valence-electron chi connectivity index (χ2n) is 4.64. The number of benzene rings is 1. The molecular weight excluding hydrogens is 224 g/mol. The van der Waals surface area contributed by atoms with E-state index in [-0.39, 0.29) is 5.97 Å². The van der Waals surface area contributed by atoms with Crippen LogP contribution in [0.5, 0.6) is 0 Å². The Balaban J connectivity index is 2.18. The normalized spacial score (nSPS) is 15.6. The molecule has 2 heteroatoms. The molecule has 0 atom stereocenters. The molecule has 1 saturated carbocycles. The average molecular weight is 242 g/mol. The second kappa shape index (κ2) is 6.26. The Labute approximate surface area is 108 Å². The van der Waals surface area contributed by atoms with Crippen molar-refractivity contribution in [2.45, 2.75) is 32.1 Å². The average Bonchev–Trinajstić information content (AvgIpc) is 2.45. The minimum Gasteiger partial charge on any atom is -0.465 e. The van der Waals surface area contributed by atoms with E-state index in [9.17, 15) is 4.79 Å². The first kappa shape index (κ1) is 12.7. The van der Waals surface area contributed by atoms with Crippen LogP contribution in [0.1, 0.15) is 48.0 Å². The van der Waals surface area contributed by atoms with Crippen molar-refractivity contribution in [2.75, 3.05) is 7.11 Å². The molecule has 0 unspecified atom stereocenters. The molecule has 0 bridgehead atoms. The summed E-state index contributed by atoms with van der Waals surface area (Å²) in [5.74, 6) is 6.62. The summed E-state index contributed by atoms with van der Waals surface area (Å²) in [4.78, 5) is 11.6. The smallest absolute Gasteiger partial charge is 0.339 e. The van der Waals surface area contributed by atoms with Crippen LogP contribution < -0.4 is 0 Å². The number of hydrogen-bond acceptors (Lipinski definition) is 2. The van der Waals surface area contributed by atoms with E-state index < -0.39 is 0 Å². The van der Waals surface area contributed by atoms with Crippen LogP contribution in [0.3, 0.4) is 0 Å². The van der Waals surface area contributed by atoms with Crippen LogP contribution in [-0.2, 0) is 4.74 Å². The molecule has 18 heavy (non-hydrogen) atoms. The SMILES string of the molecule is COC(=O)c1ccccc1C#CC1CCCCC1. The molecule has 1 aromatic rings. The summed E-state index contributed by atoms with van der Waals surface area (Å²) in [6.45, 7) is 0. The third-order valence-electron chi connectivity index (χ3n) is 3.35. The van der Waals surface area contributed by atoms with Crippen LogP contribution in [0.4, 0.5) is 0 Å². The highest BCUT2D eigenvalue weighted by atomic mass is 16.5. The second-order valence-corrected chi connectivity index (χ2v) is 4.64. The monoisotopic (exact) mass is 242 g/mol. The quantitative estimate of drug-likeness (QED) is 0.557. The summed E-state index contributed by atoms with van der Waals surface area (Å²) >= 11 is 0. The van der Waals surface area contributed by atoms with Crippen molar-refractivity contribution >= 4 is 5.97 Å². The van der Waals surface area contributed by atoms with Gasteiger partial charge in [0.2, 0.25) is 0 Å². The Bertz CT molecular complexity index is 473. The first-order chi connectivity index (χ1) is 8.81. The number of ether oxygens (including phenoxy) is 1. The van der Waals surface area contributed by atoms with Gasteiger partial charge < -0.3 is 4.74 Å². The summed E-state index contributed by atoms with van der Waals surface area (Å²) in [7, 11) is 1.40. The number of rotatable bonds is 1. The van der Waals surface area contributed by atoms with Crippen LogP contribution in [0.2, 0.25) is 0 Å². The zero-order chi connectivity index (χ0) is 12.8. The van der Waals surface area contributed by atoms with Gasteiger partial charge in [-0.2, -0.15) is 0 Å². The van der Waals surface area contributed by atoms with Gasteiger partial charge in [-0.1, -0.05) is 43.2 Å². The maximum atomic E-state index is 11.6. The van der Waals surface area contributed by atoms with Gasteiger partial charge >= 0.3 is 5.97 Å². The molecular formula is C16H18O2. The molecule has 0 spiro atoms. The third kappa shape index (κ3) is 3.13. The molecule has 0 heterocycles. The van der Waals surface area contributed by atoms with E-state index in [4.69, 9.17) is 4.74 Å². The lowest BCUT2D eigenvalue weighted by Gasteiger charge is -2.15. The highest BCUT2D eigenvalue weighted by molar-refractivity contribution is 5.92. The van der Waals surface area contributed by atoms with E-state index in [0.717, 1.165) is 5.56 Å². The lowest BCUT2D eigenvalue weighted by molar-refractivity contribution is 0.0600. The van der Waals surface area contributed by atoms with Crippen molar-refractivity contribution in [1.29, 1.82) is 0 Å². The predicted molar refractivity (Wildman–Crippen MR) is 71.2 cm³/mol. The third-order valence-corrected chi connectivity index (χ3v) is 3.35. The fourth-order valence-corrected chi connectivity index (χ4v) is 2.31. The van der Waals surface area contributed by atoms with Crippen LogP contribution in [-0.4, -0.2) is 13.1 Å². The van der Waals surface area contributed by atoms with Gasteiger partial charge in [-0.3, -0.25) is 0 Å². The molecule has 1 fully saturated rings. The van der Waals surface area contributed by atoms with E-state index in [1.807, 2.05) is 18.2 Å². The van der Waals surface area contributed by atoms with Gasteiger partial charge in [-0.05, 0) is 25.0 Å². The summed E-state index contributed by atoms with van der Waals surface area (Å²) in [6, 6.07) is 7.37. The van der Waals surface area contributed by atoms with E-state index in [1.54, 1.807) is 6.07 Å². The molecule has 2 rings (SSSR count). The number of carbonyl (C=O) groups is 1.